The molecule has 0 amide bonds. The molecule has 162 valence electrons. The Balaban J connectivity index is 1.38. The summed E-state index contributed by atoms with van der Waals surface area (Å²) in [7, 11) is -1.88. The van der Waals surface area contributed by atoms with Crippen LogP contribution in [0.25, 0.3) is 0 Å². The van der Waals surface area contributed by atoms with E-state index in [0.717, 1.165) is 11.4 Å². The molecule has 1 aliphatic rings. The molecule has 9 heteroatoms. The Morgan fingerprint density at radius 1 is 1.06 bits per heavy atom. The fourth-order valence-electron chi connectivity index (χ4n) is 3.54. The highest BCUT2D eigenvalue weighted by atomic mass is 32.3. The number of sulfonamides is 1. The molecule has 1 aliphatic heterocycles. The molecule has 0 aliphatic carbocycles. The molecule has 4 rings (SSSR count). The highest BCUT2D eigenvalue weighted by Crippen LogP contribution is 2.27. The summed E-state index contributed by atoms with van der Waals surface area (Å²) in [6.45, 7) is 1.33. The number of hydrogen-bond acceptors (Lipinski definition) is 7. The van der Waals surface area contributed by atoms with Crippen LogP contribution in [0.3, 0.4) is 0 Å². The van der Waals surface area contributed by atoms with Gasteiger partial charge in [0.15, 0.2) is 15.3 Å². The molecule has 1 atom stereocenters. The van der Waals surface area contributed by atoms with Crippen molar-refractivity contribution in [2.45, 2.75) is 23.8 Å². The average Bonchev–Trinajstić information content (AvgIpc) is 2.80. The van der Waals surface area contributed by atoms with Crippen LogP contribution in [-0.2, 0) is 14.6 Å². The SMILES string of the molecule is COc1ccccc1Nc1ccnc(N2CCC(N[S+](=O)([O-])c3ccccc3)CC2)n1. The van der Waals surface area contributed by atoms with Crippen LogP contribution >= 0.6 is 0 Å². The number of aromatic nitrogens is 2. The topological polar surface area (TPSA) is 102 Å². The summed E-state index contributed by atoms with van der Waals surface area (Å²) >= 11 is 0. The minimum Gasteiger partial charge on any atom is -0.593 e. The van der Waals surface area contributed by atoms with Crippen molar-refractivity contribution in [3.8, 4) is 5.75 Å². The average molecular weight is 440 g/mol. The fraction of sp³-hybridized carbons (Fsp3) is 0.273. The molecule has 0 bridgehead atoms. The predicted molar refractivity (Wildman–Crippen MR) is 120 cm³/mol. The molecule has 2 N–H and O–H groups in total. The zero-order valence-corrected chi connectivity index (χ0v) is 18.0. The molecular weight excluding hydrogens is 414 g/mol. The van der Waals surface area contributed by atoms with Crippen LogP contribution in [0.4, 0.5) is 17.5 Å². The first kappa shape index (κ1) is 21.2. The Labute approximate surface area is 183 Å². The Bertz CT molecular complexity index is 1060. The number of hydrogen-bond donors (Lipinski definition) is 2. The summed E-state index contributed by atoms with van der Waals surface area (Å²) in [5, 5.41) is 3.27. The maximum absolute atomic E-state index is 12.6. The lowest BCUT2D eigenvalue weighted by Gasteiger charge is -2.32. The zero-order valence-electron chi connectivity index (χ0n) is 17.2. The quantitative estimate of drug-likeness (QED) is 0.544. The Kier molecular flexibility index (Phi) is 6.45. The summed E-state index contributed by atoms with van der Waals surface area (Å²) in [5.41, 5.74) is 0.823. The second-order valence-corrected chi connectivity index (χ2v) is 8.98. The highest BCUT2D eigenvalue weighted by Gasteiger charge is 2.28. The van der Waals surface area contributed by atoms with E-state index in [0.29, 0.717) is 37.7 Å². The number of rotatable bonds is 7. The lowest BCUT2D eigenvalue weighted by atomic mass is 10.1. The molecule has 0 spiro atoms. The number of nitrogens with one attached hydrogen (secondary N) is 2. The van der Waals surface area contributed by atoms with Crippen LogP contribution in [0.15, 0.2) is 71.8 Å². The normalized spacial score (nSPS) is 16.5. The first-order chi connectivity index (χ1) is 15.0. The summed E-state index contributed by atoms with van der Waals surface area (Å²) < 4.78 is 33.3. The summed E-state index contributed by atoms with van der Waals surface area (Å²) in [6, 6.07) is 17.8. The van der Waals surface area contributed by atoms with E-state index in [1.807, 2.05) is 24.3 Å². The van der Waals surface area contributed by atoms with Gasteiger partial charge in [-0.2, -0.15) is 4.98 Å². The van der Waals surface area contributed by atoms with Crippen molar-refractivity contribution in [1.29, 1.82) is 0 Å². The van der Waals surface area contributed by atoms with Gasteiger partial charge in [0, 0.05) is 19.3 Å². The molecule has 2 heterocycles. The summed E-state index contributed by atoms with van der Waals surface area (Å²) in [6.07, 6.45) is 3.07. The minimum atomic E-state index is -3.51. The largest absolute Gasteiger partial charge is 0.593 e. The van der Waals surface area contributed by atoms with Crippen molar-refractivity contribution in [2.24, 2.45) is 0 Å². The first-order valence-corrected chi connectivity index (χ1v) is 11.6. The van der Waals surface area contributed by atoms with Gasteiger partial charge >= 0.3 is 0 Å². The van der Waals surface area contributed by atoms with Crippen LogP contribution in [-0.4, -0.2) is 40.8 Å². The fourth-order valence-corrected chi connectivity index (χ4v) is 4.87. The van der Waals surface area contributed by atoms with Crippen molar-refractivity contribution < 1.29 is 13.5 Å². The Morgan fingerprint density at radius 3 is 2.52 bits per heavy atom. The van der Waals surface area contributed by atoms with Crippen LogP contribution in [0, 0.1) is 0 Å². The number of anilines is 3. The van der Waals surface area contributed by atoms with Crippen LogP contribution < -0.4 is 19.7 Å². The number of benzene rings is 2. The molecule has 3 aromatic rings. The van der Waals surface area contributed by atoms with Crippen molar-refractivity contribution in [3.63, 3.8) is 0 Å². The number of para-hydroxylation sites is 2. The van der Waals surface area contributed by atoms with Crippen molar-refractivity contribution in [3.05, 3.63) is 66.9 Å². The van der Waals surface area contributed by atoms with E-state index in [9.17, 15) is 8.76 Å². The second kappa shape index (κ2) is 9.42. The maximum atomic E-state index is 12.6. The van der Waals surface area contributed by atoms with Gasteiger partial charge in [-0.1, -0.05) is 34.5 Å². The first-order valence-electron chi connectivity index (χ1n) is 10.1. The molecule has 0 saturated carbocycles. The maximum Gasteiger partial charge on any atom is 0.227 e. The molecular formula is C22H25N5O3S. The molecule has 1 saturated heterocycles. The van der Waals surface area contributed by atoms with Crippen LogP contribution in [0.1, 0.15) is 12.8 Å². The Morgan fingerprint density at radius 2 is 1.77 bits per heavy atom. The Hall–Kier alpha value is -3.01. The van der Waals surface area contributed by atoms with E-state index in [4.69, 9.17) is 4.74 Å². The smallest absolute Gasteiger partial charge is 0.227 e. The van der Waals surface area contributed by atoms with Gasteiger partial charge < -0.3 is 19.5 Å². The molecule has 2 aromatic carbocycles. The third-order valence-electron chi connectivity index (χ3n) is 5.17. The molecule has 1 unspecified atom stereocenters. The van der Waals surface area contributed by atoms with Crippen molar-refractivity contribution in [2.75, 3.05) is 30.4 Å². The third kappa shape index (κ3) is 5.19. The van der Waals surface area contributed by atoms with Gasteiger partial charge in [-0.05, 0) is 43.2 Å². The van der Waals surface area contributed by atoms with Crippen molar-refractivity contribution >= 4 is 27.9 Å². The van der Waals surface area contributed by atoms with Gasteiger partial charge in [-0.25, -0.2) is 4.98 Å². The molecule has 1 fully saturated rings. The van der Waals surface area contributed by atoms with E-state index < -0.39 is 10.4 Å². The van der Waals surface area contributed by atoms with E-state index in [1.54, 1.807) is 49.7 Å². The highest BCUT2D eigenvalue weighted by molar-refractivity contribution is 7.95. The van der Waals surface area contributed by atoms with Crippen LogP contribution in [0.5, 0.6) is 5.75 Å². The number of methoxy groups -OCH3 is 1. The predicted octanol–water partition coefficient (Wildman–Crippen LogP) is 3.39. The number of nitrogens with zero attached hydrogens (tertiary/aromatic N) is 3. The zero-order chi connectivity index (χ0) is 21.7. The van der Waals surface area contributed by atoms with Crippen molar-refractivity contribution in [1.82, 2.24) is 14.7 Å². The lowest BCUT2D eigenvalue weighted by Crippen LogP contribution is -2.47. The molecule has 1 aromatic heterocycles. The standard InChI is InChI=1S/C22H25N5O3S/c1-30-20-10-6-5-9-19(20)24-21-11-14-23-22(25-21)27-15-12-17(13-16-27)26-31(28,29)18-7-3-2-4-8-18/h2-11,14,17H,12-13,15-16H2,1H3,(H2-,23,24,25,26,28,29). The van der Waals surface area contributed by atoms with Gasteiger partial charge in [-0.3, -0.25) is 0 Å². The molecule has 0 radical (unpaired) electrons. The monoisotopic (exact) mass is 439 g/mol. The number of ether oxygens (including phenoxy) is 1. The molecule has 31 heavy (non-hydrogen) atoms. The summed E-state index contributed by atoms with van der Waals surface area (Å²) in [5.74, 6) is 2.01. The summed E-state index contributed by atoms with van der Waals surface area (Å²) in [4.78, 5) is 11.4. The number of piperidine rings is 1. The van der Waals surface area contributed by atoms with Gasteiger partial charge in [-0.15, -0.1) is 4.72 Å². The van der Waals surface area contributed by atoms with E-state index >= 15 is 0 Å². The van der Waals surface area contributed by atoms with Gasteiger partial charge in [0.25, 0.3) is 0 Å². The van der Waals surface area contributed by atoms with Gasteiger partial charge in [0.1, 0.15) is 11.6 Å². The van der Waals surface area contributed by atoms with Gasteiger partial charge in [0.05, 0.1) is 18.8 Å². The minimum absolute atomic E-state index is 0.114. The van der Waals surface area contributed by atoms with Gasteiger partial charge in [0.2, 0.25) is 5.95 Å². The lowest BCUT2D eigenvalue weighted by molar-refractivity contribution is 0.416. The van der Waals surface area contributed by atoms with Crippen LogP contribution in [0.2, 0.25) is 0 Å². The van der Waals surface area contributed by atoms with E-state index in [-0.39, 0.29) is 10.9 Å². The third-order valence-corrected chi connectivity index (χ3v) is 6.70. The van der Waals surface area contributed by atoms with E-state index in [1.165, 1.54) is 0 Å². The second-order valence-electron chi connectivity index (χ2n) is 7.26. The molecule has 8 nitrogen and oxygen atoms in total. The van der Waals surface area contributed by atoms with E-state index in [2.05, 4.69) is 24.9 Å².